The Morgan fingerprint density at radius 1 is 0.933 bits per heavy atom. The van der Waals surface area contributed by atoms with E-state index >= 15 is 0 Å². The minimum atomic E-state index is -0.252. The van der Waals surface area contributed by atoms with Gasteiger partial charge in [0, 0.05) is 48.0 Å². The summed E-state index contributed by atoms with van der Waals surface area (Å²) in [5, 5.41) is 4.47. The summed E-state index contributed by atoms with van der Waals surface area (Å²) in [5.74, 6) is 0.210. The molecule has 0 aliphatic heterocycles. The van der Waals surface area contributed by atoms with Crippen molar-refractivity contribution in [1.29, 1.82) is 0 Å². The summed E-state index contributed by atoms with van der Waals surface area (Å²) >= 11 is 0. The Hall–Kier alpha value is -3.34. The highest BCUT2D eigenvalue weighted by Gasteiger charge is 2.20. The normalized spacial score (nSPS) is 11.4. The smallest absolute Gasteiger partial charge is 0.123 e. The second kappa shape index (κ2) is 8.99. The molecule has 5 heteroatoms. The van der Waals surface area contributed by atoms with Gasteiger partial charge in [0.1, 0.15) is 5.82 Å². The van der Waals surface area contributed by atoms with Crippen molar-refractivity contribution in [2.75, 3.05) is 0 Å². The molecule has 0 saturated carbocycles. The van der Waals surface area contributed by atoms with Gasteiger partial charge >= 0.3 is 0 Å². The number of pyridine rings is 2. The molecule has 3 aromatic heterocycles. The average Bonchev–Trinajstić information content (AvgIpc) is 3.21. The molecule has 3 heterocycles. The summed E-state index contributed by atoms with van der Waals surface area (Å²) in [6.45, 7) is 5.13. The molecule has 4 nitrogen and oxygen atoms in total. The minimum absolute atomic E-state index is 0.0256. The zero-order valence-electron chi connectivity index (χ0n) is 17.2. The fourth-order valence-corrected chi connectivity index (χ4v) is 3.72. The first-order chi connectivity index (χ1) is 14.6. The lowest BCUT2D eigenvalue weighted by molar-refractivity contribution is 0.483. The molecule has 0 radical (unpaired) electrons. The Balaban J connectivity index is 1.73. The lowest BCUT2D eigenvalue weighted by atomic mass is 9.88. The first-order valence-electron chi connectivity index (χ1n) is 10.2. The zero-order chi connectivity index (χ0) is 20.9. The van der Waals surface area contributed by atoms with E-state index in [0.29, 0.717) is 12.3 Å². The lowest BCUT2D eigenvalue weighted by Gasteiger charge is -2.18. The van der Waals surface area contributed by atoms with Crippen molar-refractivity contribution in [3.05, 3.63) is 102 Å². The van der Waals surface area contributed by atoms with Crippen molar-refractivity contribution in [2.24, 2.45) is 5.92 Å². The maximum absolute atomic E-state index is 14.2. The van der Waals surface area contributed by atoms with Gasteiger partial charge in [0.2, 0.25) is 0 Å². The van der Waals surface area contributed by atoms with E-state index in [4.69, 9.17) is 0 Å². The van der Waals surface area contributed by atoms with E-state index in [0.717, 1.165) is 34.6 Å². The van der Waals surface area contributed by atoms with Crippen molar-refractivity contribution in [2.45, 2.75) is 32.7 Å². The van der Waals surface area contributed by atoms with Crippen LogP contribution in [0.2, 0.25) is 0 Å². The molecule has 0 spiro atoms. The Labute approximate surface area is 176 Å². The number of nitrogens with zero attached hydrogens (tertiary/aromatic N) is 4. The molecule has 0 saturated heterocycles. The molecule has 0 atom stereocenters. The number of benzene rings is 1. The van der Waals surface area contributed by atoms with Gasteiger partial charge in [0.15, 0.2) is 0 Å². The second-order valence-corrected chi connectivity index (χ2v) is 7.91. The highest BCUT2D eigenvalue weighted by atomic mass is 19.1. The second-order valence-electron chi connectivity index (χ2n) is 7.91. The summed E-state index contributed by atoms with van der Waals surface area (Å²) in [7, 11) is 0. The first kappa shape index (κ1) is 20.0. The summed E-state index contributed by atoms with van der Waals surface area (Å²) < 4.78 is 16.1. The predicted octanol–water partition coefficient (Wildman–Crippen LogP) is 5.51. The standard InChI is InChI=1S/C25H25FN4/c1-18(2)16-30-17-20(15-29-30)22-14-21(26)10-9-19(22)13-23(24-7-3-5-11-27-24)25-8-4-6-12-28-25/h3-12,14-15,17-18,23H,13,16H2,1-2H3. The Morgan fingerprint density at radius 3 is 2.23 bits per heavy atom. The summed E-state index contributed by atoms with van der Waals surface area (Å²) in [5.41, 5.74) is 4.72. The third-order valence-electron chi connectivity index (χ3n) is 5.08. The topological polar surface area (TPSA) is 43.6 Å². The van der Waals surface area contributed by atoms with E-state index in [-0.39, 0.29) is 11.7 Å². The van der Waals surface area contributed by atoms with Crippen LogP contribution >= 0.6 is 0 Å². The quantitative estimate of drug-likeness (QED) is 0.411. The number of aromatic nitrogens is 4. The average molecular weight is 401 g/mol. The van der Waals surface area contributed by atoms with Gasteiger partial charge in [-0.15, -0.1) is 0 Å². The monoisotopic (exact) mass is 400 g/mol. The third-order valence-corrected chi connectivity index (χ3v) is 5.08. The van der Waals surface area contributed by atoms with Crippen molar-refractivity contribution in [1.82, 2.24) is 19.7 Å². The summed E-state index contributed by atoms with van der Waals surface area (Å²) in [6, 6.07) is 16.8. The molecule has 0 amide bonds. The lowest BCUT2D eigenvalue weighted by Crippen LogP contribution is -2.09. The van der Waals surface area contributed by atoms with E-state index < -0.39 is 0 Å². The van der Waals surface area contributed by atoms with E-state index in [1.807, 2.05) is 59.5 Å². The van der Waals surface area contributed by atoms with Crippen LogP contribution in [0.4, 0.5) is 4.39 Å². The molecule has 152 valence electrons. The molecule has 0 unspecified atom stereocenters. The molecule has 0 fully saturated rings. The first-order valence-corrected chi connectivity index (χ1v) is 10.2. The number of hydrogen-bond donors (Lipinski definition) is 0. The predicted molar refractivity (Wildman–Crippen MR) is 116 cm³/mol. The van der Waals surface area contributed by atoms with Crippen LogP contribution in [0.3, 0.4) is 0 Å². The van der Waals surface area contributed by atoms with Crippen LogP contribution in [-0.2, 0) is 13.0 Å². The van der Waals surface area contributed by atoms with Gasteiger partial charge in [-0.05, 0) is 59.9 Å². The van der Waals surface area contributed by atoms with Crippen LogP contribution in [0, 0.1) is 11.7 Å². The van der Waals surface area contributed by atoms with E-state index in [9.17, 15) is 4.39 Å². The largest absolute Gasteiger partial charge is 0.272 e. The number of hydrogen-bond acceptors (Lipinski definition) is 3. The van der Waals surface area contributed by atoms with Gasteiger partial charge in [0.05, 0.1) is 6.20 Å². The van der Waals surface area contributed by atoms with E-state index in [2.05, 4.69) is 28.9 Å². The van der Waals surface area contributed by atoms with Gasteiger partial charge in [-0.25, -0.2) is 4.39 Å². The SMILES string of the molecule is CC(C)Cn1cc(-c2cc(F)ccc2CC(c2ccccn2)c2ccccn2)cn1. The molecule has 0 N–H and O–H groups in total. The van der Waals surface area contributed by atoms with Crippen molar-refractivity contribution >= 4 is 0 Å². The van der Waals surface area contributed by atoms with Crippen LogP contribution in [0.15, 0.2) is 79.4 Å². The highest BCUT2D eigenvalue weighted by Crippen LogP contribution is 2.32. The van der Waals surface area contributed by atoms with Crippen LogP contribution in [0.25, 0.3) is 11.1 Å². The van der Waals surface area contributed by atoms with Crippen LogP contribution in [-0.4, -0.2) is 19.7 Å². The fourth-order valence-electron chi connectivity index (χ4n) is 3.72. The number of halogens is 1. The maximum atomic E-state index is 14.2. The van der Waals surface area contributed by atoms with Gasteiger partial charge in [-0.3, -0.25) is 14.6 Å². The van der Waals surface area contributed by atoms with Gasteiger partial charge < -0.3 is 0 Å². The van der Waals surface area contributed by atoms with E-state index in [1.54, 1.807) is 18.5 Å². The minimum Gasteiger partial charge on any atom is -0.272 e. The molecule has 0 aliphatic carbocycles. The van der Waals surface area contributed by atoms with Gasteiger partial charge in [-0.2, -0.15) is 5.10 Å². The van der Waals surface area contributed by atoms with Crippen molar-refractivity contribution in [3.8, 4) is 11.1 Å². The van der Waals surface area contributed by atoms with Crippen LogP contribution in [0.1, 0.15) is 36.7 Å². The van der Waals surface area contributed by atoms with Gasteiger partial charge in [0.25, 0.3) is 0 Å². The molecular weight excluding hydrogens is 375 g/mol. The summed E-state index contributed by atoms with van der Waals surface area (Å²) in [4.78, 5) is 9.16. The molecule has 4 rings (SSSR count). The molecule has 0 aliphatic rings. The van der Waals surface area contributed by atoms with E-state index in [1.165, 1.54) is 6.07 Å². The van der Waals surface area contributed by atoms with Crippen molar-refractivity contribution < 1.29 is 4.39 Å². The zero-order valence-corrected chi connectivity index (χ0v) is 17.2. The molecule has 1 aromatic carbocycles. The molecule has 30 heavy (non-hydrogen) atoms. The Morgan fingerprint density at radius 2 is 1.63 bits per heavy atom. The molecule has 4 aromatic rings. The third kappa shape index (κ3) is 4.62. The van der Waals surface area contributed by atoms with Crippen LogP contribution < -0.4 is 0 Å². The molecule has 0 bridgehead atoms. The van der Waals surface area contributed by atoms with Gasteiger partial charge in [-0.1, -0.05) is 32.0 Å². The Kier molecular flexibility index (Phi) is 5.98. The summed E-state index contributed by atoms with van der Waals surface area (Å²) in [6.07, 6.45) is 8.07. The highest BCUT2D eigenvalue weighted by molar-refractivity contribution is 5.66. The van der Waals surface area contributed by atoms with Crippen molar-refractivity contribution in [3.63, 3.8) is 0 Å². The maximum Gasteiger partial charge on any atom is 0.123 e. The molecular formula is C25H25FN4. The van der Waals surface area contributed by atoms with Crippen LogP contribution in [0.5, 0.6) is 0 Å². The Bertz CT molecular complexity index is 1050. The number of rotatable bonds is 7. The fraction of sp³-hybridized carbons (Fsp3) is 0.240.